The van der Waals surface area contributed by atoms with Crippen molar-refractivity contribution in [3.63, 3.8) is 0 Å². The lowest BCUT2D eigenvalue weighted by Gasteiger charge is -2.47. The van der Waals surface area contributed by atoms with E-state index in [1.807, 2.05) is 19.1 Å². The summed E-state index contributed by atoms with van der Waals surface area (Å²) < 4.78 is 20.2. The second-order valence-electron chi connectivity index (χ2n) is 13.5. The Morgan fingerprint density at radius 2 is 1.76 bits per heavy atom. The molecular weight excluding hydrogens is 496 g/mol. The molecule has 0 amide bonds. The van der Waals surface area contributed by atoms with Crippen LogP contribution in [0.5, 0.6) is 5.75 Å². The smallest absolute Gasteiger partial charge is 0.250 e. The van der Waals surface area contributed by atoms with E-state index in [4.69, 9.17) is 13.6 Å². The van der Waals surface area contributed by atoms with E-state index in [1.165, 1.54) is 0 Å². The monoisotopic (exact) mass is 542 g/mol. The fraction of sp³-hybridized carbons (Fsp3) is 0.700. The van der Waals surface area contributed by atoms with Gasteiger partial charge in [0, 0.05) is 28.9 Å². The van der Waals surface area contributed by atoms with Gasteiger partial charge in [-0.05, 0) is 61.2 Å². The minimum atomic E-state index is -2.09. The first-order chi connectivity index (χ1) is 17.2. The van der Waals surface area contributed by atoms with Crippen molar-refractivity contribution in [2.45, 2.75) is 121 Å². The van der Waals surface area contributed by atoms with Crippen LogP contribution in [0, 0.1) is 11.8 Å². The van der Waals surface area contributed by atoms with Crippen LogP contribution in [0.15, 0.2) is 29.8 Å². The summed E-state index contributed by atoms with van der Waals surface area (Å²) in [5.41, 5.74) is 2.21. The standard InChI is InChI=1S/C30H46O5Si2/c1-10-37(11-2,12-3)35-26-24-20(27(32)30(7)28(26)33-30)17-16-18-22-19(25(31)23(18)24)14-13-15-21(22)34-36(8,9)29(4,5)6/h13-15,17-18,23-24,26-28,32H,10-12,16H2,1-9H3/t18-,23+,24+,26+,27-,28-,30+/m0/s1. The number of aliphatic hydroxyl groups excluding tert-OH is 1. The highest BCUT2D eigenvalue weighted by molar-refractivity contribution is 6.74. The first-order valence-electron chi connectivity index (χ1n) is 14.3. The Morgan fingerprint density at radius 1 is 1.11 bits per heavy atom. The molecule has 1 aromatic rings. The third kappa shape index (κ3) is 3.98. The fourth-order valence-corrected chi connectivity index (χ4v) is 10.8. The van der Waals surface area contributed by atoms with E-state index in [0.717, 1.165) is 47.0 Å². The van der Waals surface area contributed by atoms with Gasteiger partial charge in [-0.2, -0.15) is 0 Å². The van der Waals surface area contributed by atoms with Gasteiger partial charge < -0.3 is 18.7 Å². The molecule has 2 fully saturated rings. The number of aliphatic hydroxyl groups is 1. The largest absolute Gasteiger partial charge is 0.543 e. The molecule has 0 spiro atoms. The average Bonchev–Trinajstić information content (AvgIpc) is 3.47. The normalized spacial score (nSPS) is 34.8. The summed E-state index contributed by atoms with van der Waals surface area (Å²) in [4.78, 5) is 14.2. The summed E-state index contributed by atoms with van der Waals surface area (Å²) in [6.45, 7) is 20.0. The Labute approximate surface area is 225 Å². The average molecular weight is 543 g/mol. The quantitative estimate of drug-likeness (QED) is 0.232. The second kappa shape index (κ2) is 8.88. The molecule has 0 radical (unpaired) electrons. The molecule has 5 nitrogen and oxygen atoms in total. The van der Waals surface area contributed by atoms with E-state index in [2.05, 4.69) is 66.8 Å². The van der Waals surface area contributed by atoms with Crippen LogP contribution < -0.4 is 4.43 Å². The maximum Gasteiger partial charge on any atom is 0.250 e. The zero-order valence-corrected chi connectivity index (χ0v) is 26.2. The molecule has 204 valence electrons. The molecule has 1 aliphatic heterocycles. The number of ketones is 1. The third-order valence-electron chi connectivity index (χ3n) is 10.7. The van der Waals surface area contributed by atoms with Gasteiger partial charge >= 0.3 is 0 Å². The molecule has 7 atom stereocenters. The highest BCUT2D eigenvalue weighted by Crippen LogP contribution is 2.62. The van der Waals surface area contributed by atoms with E-state index in [0.29, 0.717) is 0 Å². The van der Waals surface area contributed by atoms with Gasteiger partial charge in [0.15, 0.2) is 14.1 Å². The van der Waals surface area contributed by atoms with Crippen molar-refractivity contribution in [2.24, 2.45) is 11.8 Å². The minimum absolute atomic E-state index is 0.0413. The molecule has 37 heavy (non-hydrogen) atoms. The first kappa shape index (κ1) is 27.3. The van der Waals surface area contributed by atoms with Gasteiger partial charge in [0.05, 0.1) is 6.10 Å². The van der Waals surface area contributed by atoms with Crippen LogP contribution in [0.2, 0.25) is 36.3 Å². The summed E-state index contributed by atoms with van der Waals surface area (Å²) in [6, 6.07) is 9.13. The SMILES string of the molecule is CC[Si](CC)(CC)O[C@@H]1[C@@H]2C(=CC[C@H]3c4c(O[Si](C)(C)C(C)(C)C)cccc4C(=O)[C@@H]23)[C@H](O)[C@@]2(C)O[C@@H]12. The summed E-state index contributed by atoms with van der Waals surface area (Å²) in [6.07, 6.45) is 1.88. The Bertz CT molecular complexity index is 1110. The maximum atomic E-state index is 14.2. The van der Waals surface area contributed by atoms with Crippen LogP contribution >= 0.6 is 0 Å². The van der Waals surface area contributed by atoms with Crippen molar-refractivity contribution in [1.29, 1.82) is 0 Å². The Kier molecular flexibility index (Phi) is 6.56. The minimum Gasteiger partial charge on any atom is -0.543 e. The first-order valence-corrected chi connectivity index (χ1v) is 19.8. The molecule has 1 heterocycles. The Morgan fingerprint density at radius 3 is 2.35 bits per heavy atom. The molecule has 1 aromatic carbocycles. The van der Waals surface area contributed by atoms with Crippen molar-refractivity contribution in [3.05, 3.63) is 41.0 Å². The molecule has 4 aliphatic rings. The molecule has 0 unspecified atom stereocenters. The summed E-state index contributed by atoms with van der Waals surface area (Å²) >= 11 is 0. The van der Waals surface area contributed by atoms with E-state index < -0.39 is 28.3 Å². The van der Waals surface area contributed by atoms with E-state index >= 15 is 0 Å². The van der Waals surface area contributed by atoms with E-state index in [1.54, 1.807) is 0 Å². The number of ether oxygens (including phenoxy) is 1. The molecule has 1 saturated carbocycles. The number of fused-ring (bicyclic) bond motifs is 6. The van der Waals surface area contributed by atoms with Crippen molar-refractivity contribution in [3.8, 4) is 5.75 Å². The number of hydrogen-bond acceptors (Lipinski definition) is 5. The molecule has 3 aliphatic carbocycles. The molecule has 1 saturated heterocycles. The number of Topliss-reactive ketones (excluding diaryl/α,β-unsaturated/α-hetero) is 1. The molecule has 5 rings (SSSR count). The topological polar surface area (TPSA) is 68.3 Å². The second-order valence-corrected chi connectivity index (χ2v) is 22.9. The van der Waals surface area contributed by atoms with Crippen molar-refractivity contribution < 1.29 is 23.5 Å². The summed E-state index contributed by atoms with van der Waals surface area (Å²) in [5.74, 6) is 0.691. The van der Waals surface area contributed by atoms with Gasteiger partial charge in [-0.1, -0.05) is 59.8 Å². The van der Waals surface area contributed by atoms with Crippen molar-refractivity contribution in [2.75, 3.05) is 0 Å². The highest BCUT2D eigenvalue weighted by atomic mass is 28.4. The number of epoxide rings is 1. The molecular formula is C30H46O5Si2. The summed E-state index contributed by atoms with van der Waals surface area (Å²) in [5, 5.41) is 11.5. The van der Waals surface area contributed by atoms with Crippen molar-refractivity contribution >= 4 is 22.4 Å². The highest BCUT2D eigenvalue weighted by Gasteiger charge is 2.71. The predicted octanol–water partition coefficient (Wildman–Crippen LogP) is 6.84. The Balaban J connectivity index is 1.58. The van der Waals surface area contributed by atoms with Crippen LogP contribution in [0.25, 0.3) is 0 Å². The molecule has 0 aromatic heterocycles. The Hall–Kier alpha value is -1.26. The lowest BCUT2D eigenvalue weighted by Crippen LogP contribution is -2.56. The zero-order valence-electron chi connectivity index (χ0n) is 24.2. The van der Waals surface area contributed by atoms with E-state index in [-0.39, 0.29) is 40.8 Å². The fourth-order valence-electron chi connectivity index (χ4n) is 6.97. The molecule has 7 heteroatoms. The predicted molar refractivity (Wildman–Crippen MR) is 152 cm³/mol. The van der Waals surface area contributed by atoms with Gasteiger partial charge in [-0.25, -0.2) is 0 Å². The lowest BCUT2D eigenvalue weighted by atomic mass is 9.62. The van der Waals surface area contributed by atoms with Gasteiger partial charge in [-0.15, -0.1) is 0 Å². The van der Waals surface area contributed by atoms with Gasteiger partial charge in [0.25, 0.3) is 0 Å². The third-order valence-corrected chi connectivity index (χ3v) is 19.7. The lowest BCUT2D eigenvalue weighted by molar-refractivity contribution is 0.0297. The van der Waals surface area contributed by atoms with E-state index in [9.17, 15) is 9.90 Å². The van der Waals surface area contributed by atoms with Crippen LogP contribution in [-0.2, 0) is 9.16 Å². The number of benzene rings is 1. The van der Waals surface area contributed by atoms with Crippen LogP contribution in [0.4, 0.5) is 0 Å². The summed E-state index contributed by atoms with van der Waals surface area (Å²) in [7, 11) is -4.07. The number of allylic oxidation sites excluding steroid dienone is 1. The van der Waals surface area contributed by atoms with Gasteiger partial charge in [0.1, 0.15) is 23.6 Å². The number of hydrogen-bond donors (Lipinski definition) is 1. The number of carbonyl (C=O) groups excluding carboxylic acids is 1. The zero-order chi connectivity index (χ0) is 27.1. The number of rotatable bonds is 7. The van der Waals surface area contributed by atoms with Crippen LogP contribution in [0.3, 0.4) is 0 Å². The maximum absolute atomic E-state index is 14.2. The van der Waals surface area contributed by atoms with Gasteiger partial charge in [0.2, 0.25) is 8.32 Å². The molecule has 1 N–H and O–H groups in total. The van der Waals surface area contributed by atoms with Crippen LogP contribution in [0.1, 0.15) is 76.7 Å². The van der Waals surface area contributed by atoms with Crippen molar-refractivity contribution in [1.82, 2.24) is 0 Å². The molecule has 0 bridgehead atoms. The van der Waals surface area contributed by atoms with Crippen LogP contribution in [-0.4, -0.2) is 51.4 Å². The number of carbonyl (C=O) groups is 1. The van der Waals surface area contributed by atoms with Gasteiger partial charge in [-0.3, -0.25) is 4.79 Å².